The molecule has 2 rings (SSSR count). The highest BCUT2D eigenvalue weighted by atomic mass is 79.9. The Labute approximate surface area is 101 Å². The number of Topliss-reactive ketones (excluding diaryl/α,β-unsaturated/α-hetero) is 1. The van der Waals surface area contributed by atoms with Gasteiger partial charge in [0.1, 0.15) is 5.82 Å². The van der Waals surface area contributed by atoms with Crippen LogP contribution in [-0.2, 0) is 4.79 Å². The Kier molecular flexibility index (Phi) is 3.21. The first-order chi connectivity index (χ1) is 7.16. The van der Waals surface area contributed by atoms with Crippen molar-refractivity contribution in [3.63, 3.8) is 0 Å². The smallest absolute Gasteiger partial charge is 0.224 e. The van der Waals surface area contributed by atoms with Gasteiger partial charge in [-0.3, -0.25) is 4.79 Å². The van der Waals surface area contributed by atoms with Crippen molar-refractivity contribution in [2.75, 3.05) is 5.32 Å². The van der Waals surface area contributed by atoms with Crippen LogP contribution in [0.2, 0.25) is 5.28 Å². The van der Waals surface area contributed by atoms with Crippen LogP contribution < -0.4 is 5.32 Å². The number of rotatable bonds is 2. The highest BCUT2D eigenvalue weighted by molar-refractivity contribution is 9.10. The van der Waals surface area contributed by atoms with Gasteiger partial charge in [-0.1, -0.05) is 0 Å². The number of anilines is 1. The summed E-state index contributed by atoms with van der Waals surface area (Å²) in [5, 5.41) is 3.24. The summed E-state index contributed by atoms with van der Waals surface area (Å²) in [5.74, 6) is 0.812. The molecule has 80 valence electrons. The summed E-state index contributed by atoms with van der Waals surface area (Å²) in [6.07, 6.45) is 4.00. The first-order valence-electron chi connectivity index (χ1n) is 4.64. The Bertz CT molecular complexity index is 399. The van der Waals surface area contributed by atoms with Gasteiger partial charge in [0.15, 0.2) is 5.78 Å². The number of nitrogens with zero attached hydrogens (tertiary/aromatic N) is 2. The molecule has 1 atom stereocenters. The van der Waals surface area contributed by atoms with E-state index in [0.717, 1.165) is 12.8 Å². The largest absolute Gasteiger partial charge is 0.359 e. The molecule has 1 heterocycles. The lowest BCUT2D eigenvalue weighted by molar-refractivity contribution is -0.118. The topological polar surface area (TPSA) is 54.9 Å². The van der Waals surface area contributed by atoms with Crippen LogP contribution >= 0.6 is 27.5 Å². The molecule has 1 aromatic heterocycles. The first kappa shape index (κ1) is 10.8. The average Bonchev–Trinajstić information content (AvgIpc) is 2.58. The zero-order valence-corrected chi connectivity index (χ0v) is 10.2. The zero-order chi connectivity index (χ0) is 10.8. The average molecular weight is 291 g/mol. The molecular weight excluding hydrogens is 281 g/mol. The van der Waals surface area contributed by atoms with Gasteiger partial charge in [0, 0.05) is 12.6 Å². The molecule has 1 aliphatic rings. The summed E-state index contributed by atoms with van der Waals surface area (Å²) in [7, 11) is 0. The van der Waals surface area contributed by atoms with Crippen molar-refractivity contribution in [1.82, 2.24) is 9.97 Å². The van der Waals surface area contributed by atoms with Crippen LogP contribution in [0.4, 0.5) is 5.82 Å². The minimum Gasteiger partial charge on any atom is -0.359 e. The molecule has 1 unspecified atom stereocenters. The molecule has 0 saturated heterocycles. The van der Waals surface area contributed by atoms with Crippen molar-refractivity contribution >= 4 is 39.1 Å². The summed E-state index contributed by atoms with van der Waals surface area (Å²) >= 11 is 8.97. The Balaban J connectivity index is 2.16. The van der Waals surface area contributed by atoms with E-state index < -0.39 is 0 Å². The van der Waals surface area contributed by atoms with Gasteiger partial charge < -0.3 is 5.32 Å². The number of hydrogen-bond donors (Lipinski definition) is 1. The molecule has 1 N–H and O–H groups in total. The monoisotopic (exact) mass is 289 g/mol. The van der Waals surface area contributed by atoms with Gasteiger partial charge in [0.05, 0.1) is 10.5 Å². The number of carbonyl (C=O) groups excluding carboxylic acids is 1. The number of carbonyl (C=O) groups is 1. The normalized spacial score (nSPS) is 20.7. The van der Waals surface area contributed by atoms with E-state index in [-0.39, 0.29) is 17.1 Å². The highest BCUT2D eigenvalue weighted by Gasteiger charge is 2.25. The maximum atomic E-state index is 11.4. The molecule has 4 nitrogen and oxygen atoms in total. The molecule has 1 aliphatic carbocycles. The summed E-state index contributed by atoms with van der Waals surface area (Å²) in [6.45, 7) is 0. The minimum atomic E-state index is -0.132. The van der Waals surface area contributed by atoms with Gasteiger partial charge in [-0.15, -0.1) is 0 Å². The molecule has 1 aromatic rings. The van der Waals surface area contributed by atoms with Crippen LogP contribution in [-0.4, -0.2) is 21.8 Å². The summed E-state index contributed by atoms with van der Waals surface area (Å²) < 4.78 is 0.714. The van der Waals surface area contributed by atoms with Crippen LogP contribution in [0.5, 0.6) is 0 Å². The van der Waals surface area contributed by atoms with E-state index >= 15 is 0 Å². The van der Waals surface area contributed by atoms with E-state index in [4.69, 9.17) is 11.6 Å². The molecular formula is C9H9BrClN3O. The van der Waals surface area contributed by atoms with Gasteiger partial charge in [0.25, 0.3) is 0 Å². The second-order valence-corrected chi connectivity index (χ2v) is 4.58. The number of halogens is 2. The molecule has 0 bridgehead atoms. The standard InChI is InChI=1S/C9H9BrClN3O/c10-5-4-12-9(11)14-8(5)13-6-2-1-3-7(6)15/h4,6H,1-3H2,(H,12,13,14). The number of aromatic nitrogens is 2. The second-order valence-electron chi connectivity index (χ2n) is 3.39. The maximum Gasteiger partial charge on any atom is 0.224 e. The molecule has 0 aliphatic heterocycles. The van der Waals surface area contributed by atoms with E-state index in [9.17, 15) is 4.79 Å². The van der Waals surface area contributed by atoms with E-state index in [1.807, 2.05) is 0 Å². The Morgan fingerprint density at radius 1 is 1.60 bits per heavy atom. The first-order valence-corrected chi connectivity index (χ1v) is 5.81. The van der Waals surface area contributed by atoms with Gasteiger partial charge in [-0.2, -0.15) is 4.98 Å². The van der Waals surface area contributed by atoms with Gasteiger partial charge >= 0.3 is 0 Å². The molecule has 1 saturated carbocycles. The Hall–Kier alpha value is -0.680. The molecule has 15 heavy (non-hydrogen) atoms. The third-order valence-corrected chi connectivity index (χ3v) is 3.09. The van der Waals surface area contributed by atoms with Crippen LogP contribution in [0.3, 0.4) is 0 Å². The van der Waals surface area contributed by atoms with E-state index in [2.05, 4.69) is 31.2 Å². The zero-order valence-electron chi connectivity index (χ0n) is 7.83. The van der Waals surface area contributed by atoms with Crippen LogP contribution in [0.25, 0.3) is 0 Å². The van der Waals surface area contributed by atoms with Crippen molar-refractivity contribution in [3.8, 4) is 0 Å². The van der Waals surface area contributed by atoms with Crippen molar-refractivity contribution < 1.29 is 4.79 Å². The molecule has 0 spiro atoms. The number of ketones is 1. The quantitative estimate of drug-likeness (QED) is 0.850. The fourth-order valence-electron chi connectivity index (χ4n) is 1.58. The third kappa shape index (κ3) is 2.46. The SMILES string of the molecule is O=C1CCCC1Nc1nc(Cl)ncc1Br. The van der Waals surface area contributed by atoms with E-state index in [0.29, 0.717) is 16.7 Å². The molecule has 6 heteroatoms. The van der Waals surface area contributed by atoms with E-state index in [1.165, 1.54) is 0 Å². The van der Waals surface area contributed by atoms with Crippen LogP contribution in [0, 0.1) is 0 Å². The fraction of sp³-hybridized carbons (Fsp3) is 0.444. The van der Waals surface area contributed by atoms with Crippen molar-refractivity contribution in [3.05, 3.63) is 16.0 Å². The lowest BCUT2D eigenvalue weighted by Crippen LogP contribution is -2.24. The lowest BCUT2D eigenvalue weighted by atomic mass is 10.2. The summed E-state index contributed by atoms with van der Waals surface area (Å²) in [4.78, 5) is 19.3. The predicted molar refractivity (Wildman–Crippen MR) is 61.0 cm³/mol. The summed E-state index contributed by atoms with van der Waals surface area (Å²) in [5.41, 5.74) is 0. The Morgan fingerprint density at radius 3 is 3.07 bits per heavy atom. The van der Waals surface area contributed by atoms with Crippen molar-refractivity contribution in [1.29, 1.82) is 0 Å². The molecule has 1 fully saturated rings. The predicted octanol–water partition coefficient (Wildman–Crippen LogP) is 2.43. The molecule has 0 amide bonds. The molecule has 0 aromatic carbocycles. The molecule has 0 radical (unpaired) electrons. The lowest BCUT2D eigenvalue weighted by Gasteiger charge is -2.12. The van der Waals surface area contributed by atoms with Gasteiger partial charge in [-0.25, -0.2) is 4.98 Å². The number of hydrogen-bond acceptors (Lipinski definition) is 4. The van der Waals surface area contributed by atoms with Gasteiger partial charge in [-0.05, 0) is 40.4 Å². The highest BCUT2D eigenvalue weighted by Crippen LogP contribution is 2.24. The van der Waals surface area contributed by atoms with Gasteiger partial charge in [0.2, 0.25) is 5.28 Å². The second kappa shape index (κ2) is 4.45. The minimum absolute atomic E-state index is 0.132. The maximum absolute atomic E-state index is 11.4. The van der Waals surface area contributed by atoms with Crippen LogP contribution in [0.15, 0.2) is 10.7 Å². The fourth-order valence-corrected chi connectivity index (χ4v) is 2.02. The summed E-state index contributed by atoms with van der Waals surface area (Å²) in [6, 6.07) is -0.132. The van der Waals surface area contributed by atoms with Crippen LogP contribution in [0.1, 0.15) is 19.3 Å². The van der Waals surface area contributed by atoms with Crippen molar-refractivity contribution in [2.45, 2.75) is 25.3 Å². The van der Waals surface area contributed by atoms with Crippen molar-refractivity contribution in [2.24, 2.45) is 0 Å². The third-order valence-electron chi connectivity index (χ3n) is 2.33. The number of nitrogens with one attached hydrogen (secondary N) is 1. The van der Waals surface area contributed by atoms with E-state index in [1.54, 1.807) is 6.20 Å². The Morgan fingerprint density at radius 2 is 2.40 bits per heavy atom.